The Morgan fingerprint density at radius 1 is 0.900 bits per heavy atom. The minimum atomic E-state index is -0.0662. The van der Waals surface area contributed by atoms with Crippen LogP contribution in [-0.2, 0) is 16.0 Å². The zero-order valence-electron chi connectivity index (χ0n) is 18.1. The van der Waals surface area contributed by atoms with Crippen molar-refractivity contribution in [2.24, 2.45) is 23.2 Å². The van der Waals surface area contributed by atoms with E-state index in [0.717, 1.165) is 48.3 Å². The Labute approximate surface area is 179 Å². The van der Waals surface area contributed by atoms with E-state index in [9.17, 15) is 9.59 Å². The summed E-state index contributed by atoms with van der Waals surface area (Å²) in [5.41, 5.74) is 0.944. The molecular formula is C25H34N2O3. The molecule has 0 spiro atoms. The second-order valence-electron chi connectivity index (χ2n) is 10.1. The van der Waals surface area contributed by atoms with Gasteiger partial charge >= 0.3 is 0 Å². The molecule has 5 aliphatic rings. The third kappa shape index (κ3) is 3.72. The molecule has 2 amide bonds. The van der Waals surface area contributed by atoms with Gasteiger partial charge in [0.2, 0.25) is 11.8 Å². The summed E-state index contributed by atoms with van der Waals surface area (Å²) in [6.07, 6.45) is 7.86. The molecule has 5 nitrogen and oxygen atoms in total. The van der Waals surface area contributed by atoms with Gasteiger partial charge in [0.05, 0.1) is 18.4 Å². The van der Waals surface area contributed by atoms with E-state index in [1.165, 1.54) is 19.3 Å². The molecule has 1 aromatic rings. The molecule has 162 valence electrons. The van der Waals surface area contributed by atoms with E-state index in [1.54, 1.807) is 0 Å². The minimum absolute atomic E-state index is 0.0662. The van der Waals surface area contributed by atoms with Crippen molar-refractivity contribution in [3.63, 3.8) is 0 Å². The summed E-state index contributed by atoms with van der Waals surface area (Å²) in [7, 11) is 0. The Morgan fingerprint density at radius 2 is 1.43 bits per heavy atom. The molecule has 0 atom stereocenters. The highest BCUT2D eigenvalue weighted by molar-refractivity contribution is 5.84. The van der Waals surface area contributed by atoms with Crippen LogP contribution in [-0.4, -0.2) is 54.4 Å². The van der Waals surface area contributed by atoms with Crippen LogP contribution >= 0.6 is 0 Å². The molecule has 4 bridgehead atoms. The normalized spacial score (nSPS) is 32.4. The summed E-state index contributed by atoms with van der Waals surface area (Å²) in [5.74, 6) is 3.76. The van der Waals surface area contributed by atoms with E-state index < -0.39 is 0 Å². The van der Waals surface area contributed by atoms with Crippen LogP contribution in [0.5, 0.6) is 5.75 Å². The highest BCUT2D eigenvalue weighted by Crippen LogP contribution is 2.60. The topological polar surface area (TPSA) is 49.9 Å². The number of carbonyl (C=O) groups excluding carboxylic acids is 2. The van der Waals surface area contributed by atoms with Gasteiger partial charge in [-0.05, 0) is 80.9 Å². The lowest BCUT2D eigenvalue weighted by Gasteiger charge is -2.57. The Morgan fingerprint density at radius 3 is 1.97 bits per heavy atom. The van der Waals surface area contributed by atoms with Crippen molar-refractivity contribution in [3.05, 3.63) is 29.8 Å². The van der Waals surface area contributed by atoms with Crippen molar-refractivity contribution in [1.29, 1.82) is 0 Å². The highest BCUT2D eigenvalue weighted by Gasteiger charge is 2.55. The van der Waals surface area contributed by atoms with Gasteiger partial charge in [-0.25, -0.2) is 0 Å². The maximum atomic E-state index is 13.5. The molecule has 0 N–H and O–H groups in total. The number of carbonyl (C=O) groups is 2. The maximum absolute atomic E-state index is 13.5. The van der Waals surface area contributed by atoms with Crippen LogP contribution in [0.15, 0.2) is 24.3 Å². The molecule has 0 aromatic heterocycles. The quantitative estimate of drug-likeness (QED) is 0.746. The molecule has 6 rings (SSSR count). The fourth-order valence-electron chi connectivity index (χ4n) is 7.02. The number of benzene rings is 1. The third-order valence-electron chi connectivity index (χ3n) is 8.00. The Kier molecular flexibility index (Phi) is 5.24. The van der Waals surface area contributed by atoms with Gasteiger partial charge in [-0.1, -0.05) is 12.1 Å². The van der Waals surface area contributed by atoms with Crippen molar-refractivity contribution < 1.29 is 14.3 Å². The zero-order chi connectivity index (χ0) is 20.7. The molecular weight excluding hydrogens is 376 g/mol. The van der Waals surface area contributed by atoms with E-state index in [1.807, 2.05) is 36.1 Å². The first-order valence-corrected chi connectivity index (χ1v) is 11.8. The summed E-state index contributed by atoms with van der Waals surface area (Å²) in [6.45, 7) is 5.31. The highest BCUT2D eigenvalue weighted by atomic mass is 16.5. The van der Waals surface area contributed by atoms with Gasteiger partial charge in [0, 0.05) is 26.2 Å². The second kappa shape index (κ2) is 7.90. The number of hydrogen-bond acceptors (Lipinski definition) is 3. The number of amides is 2. The van der Waals surface area contributed by atoms with Gasteiger partial charge in [0.1, 0.15) is 5.75 Å². The van der Waals surface area contributed by atoms with Crippen LogP contribution in [0.3, 0.4) is 0 Å². The van der Waals surface area contributed by atoms with Gasteiger partial charge < -0.3 is 14.5 Å². The largest absolute Gasteiger partial charge is 0.494 e. The van der Waals surface area contributed by atoms with Crippen LogP contribution in [0.2, 0.25) is 0 Å². The van der Waals surface area contributed by atoms with E-state index in [2.05, 4.69) is 4.90 Å². The monoisotopic (exact) mass is 410 g/mol. The predicted octanol–water partition coefficient (Wildman–Crippen LogP) is 3.52. The standard InChI is InChI=1S/C25H34N2O3/c1-2-30-22-5-3-18(4-6-22)14-23(28)26-7-9-27(10-8-26)24(29)25-15-19-11-20(16-25)13-21(12-19)17-25/h3-6,19-21H,2,7-17H2,1H3. The number of hydrogen-bond donors (Lipinski definition) is 0. The smallest absolute Gasteiger partial charge is 0.228 e. The summed E-state index contributed by atoms with van der Waals surface area (Å²) < 4.78 is 5.47. The fourth-order valence-corrected chi connectivity index (χ4v) is 7.02. The van der Waals surface area contributed by atoms with Crippen molar-refractivity contribution in [2.75, 3.05) is 32.8 Å². The summed E-state index contributed by atoms with van der Waals surface area (Å²) in [4.78, 5) is 30.3. The van der Waals surface area contributed by atoms with Crippen LogP contribution < -0.4 is 4.74 Å². The number of nitrogens with zero attached hydrogens (tertiary/aromatic N) is 2. The fraction of sp³-hybridized carbons (Fsp3) is 0.680. The van der Waals surface area contributed by atoms with Crippen molar-refractivity contribution in [1.82, 2.24) is 9.80 Å². The summed E-state index contributed by atoms with van der Waals surface area (Å²) in [5, 5.41) is 0. The van der Waals surface area contributed by atoms with E-state index >= 15 is 0 Å². The SMILES string of the molecule is CCOc1ccc(CC(=O)N2CCN(C(=O)C34CC5CC(CC(C5)C3)C4)CC2)cc1. The van der Waals surface area contributed by atoms with Crippen LogP contribution in [0.1, 0.15) is 51.0 Å². The van der Waals surface area contributed by atoms with Crippen LogP contribution in [0, 0.1) is 23.2 Å². The average molecular weight is 411 g/mol. The maximum Gasteiger partial charge on any atom is 0.228 e. The molecule has 4 saturated carbocycles. The molecule has 5 heteroatoms. The number of rotatable bonds is 5. The zero-order valence-corrected chi connectivity index (χ0v) is 18.1. The molecule has 1 saturated heterocycles. The minimum Gasteiger partial charge on any atom is -0.494 e. The van der Waals surface area contributed by atoms with E-state index in [4.69, 9.17) is 4.74 Å². The first-order chi connectivity index (χ1) is 14.5. The molecule has 5 fully saturated rings. The Bertz CT molecular complexity index is 760. The summed E-state index contributed by atoms with van der Waals surface area (Å²) >= 11 is 0. The predicted molar refractivity (Wildman–Crippen MR) is 115 cm³/mol. The van der Waals surface area contributed by atoms with Crippen LogP contribution in [0.25, 0.3) is 0 Å². The van der Waals surface area contributed by atoms with Gasteiger partial charge in [-0.15, -0.1) is 0 Å². The summed E-state index contributed by atoms with van der Waals surface area (Å²) in [6, 6.07) is 7.79. The van der Waals surface area contributed by atoms with Crippen molar-refractivity contribution >= 4 is 11.8 Å². The van der Waals surface area contributed by atoms with Gasteiger partial charge in [0.15, 0.2) is 0 Å². The molecule has 1 heterocycles. The second-order valence-corrected chi connectivity index (χ2v) is 10.1. The van der Waals surface area contributed by atoms with E-state index in [-0.39, 0.29) is 11.3 Å². The molecule has 1 aliphatic heterocycles. The first kappa shape index (κ1) is 19.9. The number of piperazine rings is 1. The average Bonchev–Trinajstić information content (AvgIpc) is 2.74. The Balaban J connectivity index is 1.15. The first-order valence-electron chi connectivity index (χ1n) is 11.8. The molecule has 4 aliphatic carbocycles. The number of ether oxygens (including phenoxy) is 1. The van der Waals surface area contributed by atoms with Gasteiger partial charge in [-0.2, -0.15) is 0 Å². The molecule has 1 aromatic carbocycles. The molecule has 0 radical (unpaired) electrons. The van der Waals surface area contributed by atoms with Gasteiger partial charge in [0.25, 0.3) is 0 Å². The third-order valence-corrected chi connectivity index (χ3v) is 8.00. The lowest BCUT2D eigenvalue weighted by atomic mass is 9.49. The Hall–Kier alpha value is -2.04. The lowest BCUT2D eigenvalue weighted by Crippen LogP contribution is -2.58. The molecule has 30 heavy (non-hydrogen) atoms. The van der Waals surface area contributed by atoms with Crippen LogP contribution in [0.4, 0.5) is 0 Å². The van der Waals surface area contributed by atoms with Crippen molar-refractivity contribution in [2.45, 2.75) is 51.9 Å². The van der Waals surface area contributed by atoms with E-state index in [0.29, 0.717) is 45.1 Å². The molecule has 0 unspecified atom stereocenters. The van der Waals surface area contributed by atoms with Gasteiger partial charge in [-0.3, -0.25) is 9.59 Å². The lowest BCUT2D eigenvalue weighted by molar-refractivity contribution is -0.160. The van der Waals surface area contributed by atoms with Crippen molar-refractivity contribution in [3.8, 4) is 5.75 Å².